The molecule has 1 saturated carbocycles. The summed E-state index contributed by atoms with van der Waals surface area (Å²) in [7, 11) is 0. The Kier molecular flexibility index (Phi) is 5.12. The highest BCUT2D eigenvalue weighted by Gasteiger charge is 2.21. The molecule has 0 amide bonds. The number of nitrogens with one attached hydrogen (secondary N) is 2. The van der Waals surface area contributed by atoms with Gasteiger partial charge in [0, 0.05) is 18.3 Å². The molecule has 3 aromatic rings. The minimum atomic E-state index is 0.150. The lowest BCUT2D eigenvalue weighted by Gasteiger charge is -2.27. The van der Waals surface area contributed by atoms with Crippen LogP contribution >= 0.6 is 0 Å². The summed E-state index contributed by atoms with van der Waals surface area (Å²) in [5.41, 5.74) is 7.66. The van der Waals surface area contributed by atoms with Gasteiger partial charge in [-0.15, -0.1) is 0 Å². The Morgan fingerprint density at radius 2 is 2.00 bits per heavy atom. The van der Waals surface area contributed by atoms with Gasteiger partial charge in [0.05, 0.1) is 24.2 Å². The molecule has 1 aliphatic rings. The number of ether oxygens (including phenoxy) is 1. The molecule has 0 unspecified atom stereocenters. The lowest BCUT2D eigenvalue weighted by molar-refractivity contribution is 0.147. The normalized spacial score (nSPS) is 19.0. The van der Waals surface area contributed by atoms with Gasteiger partial charge in [-0.1, -0.05) is 0 Å². The predicted octanol–water partition coefficient (Wildman–Crippen LogP) is 2.53. The molecule has 9 heteroatoms. The molecule has 1 aliphatic carbocycles. The number of nitrogens with two attached hydrogens (primary N) is 1. The van der Waals surface area contributed by atoms with Crippen molar-refractivity contribution in [2.75, 3.05) is 5.32 Å². The number of H-pyrrole nitrogens is 1. The molecule has 0 spiro atoms. The lowest BCUT2D eigenvalue weighted by atomic mass is 9.94. The third-order valence-electron chi connectivity index (χ3n) is 4.64. The summed E-state index contributed by atoms with van der Waals surface area (Å²) in [6, 6.07) is 7.81. The average Bonchev–Trinajstić information content (AvgIpc) is 3.19. The zero-order valence-electron chi connectivity index (χ0n) is 15.2. The highest BCUT2D eigenvalue weighted by molar-refractivity contribution is 5.66. The first-order valence-corrected chi connectivity index (χ1v) is 9.13. The van der Waals surface area contributed by atoms with Crippen molar-refractivity contribution in [3.05, 3.63) is 42.5 Å². The van der Waals surface area contributed by atoms with Gasteiger partial charge in [-0.2, -0.15) is 10.4 Å². The first-order valence-electron chi connectivity index (χ1n) is 9.13. The van der Waals surface area contributed by atoms with Gasteiger partial charge in [-0.05, 0) is 37.8 Å². The number of hydrogen-bond donors (Lipinski definition) is 3. The third kappa shape index (κ3) is 4.07. The van der Waals surface area contributed by atoms with Crippen LogP contribution in [0.15, 0.2) is 36.8 Å². The summed E-state index contributed by atoms with van der Waals surface area (Å²) in [4.78, 5) is 12.6. The second kappa shape index (κ2) is 8.02. The Hall–Kier alpha value is -3.51. The van der Waals surface area contributed by atoms with Crippen molar-refractivity contribution in [3.63, 3.8) is 0 Å². The standard InChI is InChI=1S/C19H20N8O/c20-9-13-10-24-18(11-23-13)25-17-8-15(26-27-17)19-16(2-1-7-22-19)28-14-5-3-12(21)4-6-14/h1-2,7-8,10-12,14H,3-6,21H2,(H2,24,25,26,27)/t12-,14-. The van der Waals surface area contributed by atoms with Crippen molar-refractivity contribution in [3.8, 4) is 23.2 Å². The van der Waals surface area contributed by atoms with Crippen molar-refractivity contribution >= 4 is 11.6 Å². The minimum absolute atomic E-state index is 0.150. The van der Waals surface area contributed by atoms with E-state index in [9.17, 15) is 0 Å². The highest BCUT2D eigenvalue weighted by atomic mass is 16.5. The molecule has 0 radical (unpaired) electrons. The molecular formula is C19H20N8O. The predicted molar refractivity (Wildman–Crippen MR) is 103 cm³/mol. The van der Waals surface area contributed by atoms with Gasteiger partial charge in [-0.25, -0.2) is 9.97 Å². The molecule has 28 heavy (non-hydrogen) atoms. The summed E-state index contributed by atoms with van der Waals surface area (Å²) in [5.74, 6) is 1.78. The Morgan fingerprint density at radius 1 is 1.14 bits per heavy atom. The van der Waals surface area contributed by atoms with E-state index >= 15 is 0 Å². The van der Waals surface area contributed by atoms with E-state index < -0.39 is 0 Å². The van der Waals surface area contributed by atoms with Gasteiger partial charge in [0.25, 0.3) is 0 Å². The number of rotatable bonds is 5. The fourth-order valence-electron chi connectivity index (χ4n) is 3.16. The van der Waals surface area contributed by atoms with Gasteiger partial charge in [0.1, 0.15) is 23.3 Å². The van der Waals surface area contributed by atoms with Crippen LogP contribution in [0, 0.1) is 11.3 Å². The van der Waals surface area contributed by atoms with Crippen LogP contribution < -0.4 is 15.8 Å². The molecule has 0 atom stereocenters. The van der Waals surface area contributed by atoms with Gasteiger partial charge in [0.15, 0.2) is 11.5 Å². The minimum Gasteiger partial charge on any atom is -0.488 e. The van der Waals surface area contributed by atoms with Gasteiger partial charge in [0.2, 0.25) is 0 Å². The van der Waals surface area contributed by atoms with Crippen LogP contribution in [0.25, 0.3) is 11.4 Å². The Labute approximate surface area is 162 Å². The Morgan fingerprint density at radius 3 is 2.75 bits per heavy atom. The van der Waals surface area contributed by atoms with E-state index in [-0.39, 0.29) is 17.8 Å². The Balaban J connectivity index is 1.49. The maximum atomic E-state index is 8.79. The monoisotopic (exact) mass is 376 g/mol. The van der Waals surface area contributed by atoms with E-state index in [0.29, 0.717) is 17.3 Å². The van der Waals surface area contributed by atoms with E-state index in [1.807, 2.05) is 24.3 Å². The van der Waals surface area contributed by atoms with Crippen LogP contribution in [0.1, 0.15) is 31.4 Å². The SMILES string of the molecule is N#Cc1cnc(Nc2cc(-c3ncccc3O[C@H]3CC[C@H](N)CC3)[nH]n2)cn1. The van der Waals surface area contributed by atoms with Crippen LogP contribution in [0.2, 0.25) is 0 Å². The van der Waals surface area contributed by atoms with Gasteiger partial charge >= 0.3 is 0 Å². The quantitative estimate of drug-likeness (QED) is 0.617. The molecule has 4 rings (SSSR count). The highest BCUT2D eigenvalue weighted by Crippen LogP contribution is 2.31. The average molecular weight is 376 g/mol. The third-order valence-corrected chi connectivity index (χ3v) is 4.64. The Bertz CT molecular complexity index is 970. The van der Waals surface area contributed by atoms with Crippen LogP contribution in [0.4, 0.5) is 11.6 Å². The van der Waals surface area contributed by atoms with Crippen molar-refractivity contribution < 1.29 is 4.74 Å². The molecule has 1 fully saturated rings. The van der Waals surface area contributed by atoms with Gasteiger partial charge < -0.3 is 15.8 Å². The molecule has 3 heterocycles. The second-order valence-electron chi connectivity index (χ2n) is 6.70. The molecule has 0 bridgehead atoms. The fraction of sp³-hybridized carbons (Fsp3) is 0.316. The number of nitriles is 1. The van der Waals surface area contributed by atoms with E-state index in [2.05, 4.69) is 30.5 Å². The van der Waals surface area contributed by atoms with Crippen molar-refractivity contribution in [2.45, 2.75) is 37.8 Å². The van der Waals surface area contributed by atoms with E-state index in [1.165, 1.54) is 12.4 Å². The number of nitrogens with zero attached hydrogens (tertiary/aromatic N) is 5. The molecule has 9 nitrogen and oxygen atoms in total. The molecule has 3 aromatic heterocycles. The largest absolute Gasteiger partial charge is 0.488 e. The smallest absolute Gasteiger partial charge is 0.158 e. The number of hydrogen-bond acceptors (Lipinski definition) is 8. The van der Waals surface area contributed by atoms with Crippen molar-refractivity contribution in [1.82, 2.24) is 25.1 Å². The van der Waals surface area contributed by atoms with Crippen molar-refractivity contribution in [2.24, 2.45) is 5.73 Å². The zero-order chi connectivity index (χ0) is 19.3. The number of pyridine rings is 1. The summed E-state index contributed by atoms with van der Waals surface area (Å²) in [5, 5.41) is 19.1. The first kappa shape index (κ1) is 17.9. The summed E-state index contributed by atoms with van der Waals surface area (Å²) >= 11 is 0. The van der Waals surface area contributed by atoms with Crippen LogP contribution in [0.3, 0.4) is 0 Å². The second-order valence-corrected chi connectivity index (χ2v) is 6.70. The van der Waals surface area contributed by atoms with Crippen LogP contribution in [0.5, 0.6) is 5.75 Å². The number of aromatic nitrogens is 5. The van der Waals surface area contributed by atoms with E-state index in [1.54, 1.807) is 6.20 Å². The van der Waals surface area contributed by atoms with Gasteiger partial charge in [-0.3, -0.25) is 10.1 Å². The fourth-order valence-corrected chi connectivity index (χ4v) is 3.16. The lowest BCUT2D eigenvalue weighted by Crippen LogP contribution is -2.31. The zero-order valence-corrected chi connectivity index (χ0v) is 15.2. The van der Waals surface area contributed by atoms with E-state index in [0.717, 1.165) is 37.1 Å². The topological polar surface area (TPSA) is 138 Å². The summed E-state index contributed by atoms with van der Waals surface area (Å²) in [6.07, 6.45) is 8.60. The molecule has 142 valence electrons. The molecule has 4 N–H and O–H groups in total. The molecule has 0 aliphatic heterocycles. The maximum Gasteiger partial charge on any atom is 0.158 e. The maximum absolute atomic E-state index is 8.79. The molecule has 0 aromatic carbocycles. The van der Waals surface area contributed by atoms with Crippen LogP contribution in [-0.2, 0) is 0 Å². The van der Waals surface area contributed by atoms with Crippen molar-refractivity contribution in [1.29, 1.82) is 5.26 Å². The summed E-state index contributed by atoms with van der Waals surface area (Å²) < 4.78 is 6.20. The summed E-state index contributed by atoms with van der Waals surface area (Å²) in [6.45, 7) is 0. The van der Waals surface area contributed by atoms with E-state index in [4.69, 9.17) is 15.7 Å². The number of aromatic amines is 1. The first-order chi connectivity index (χ1) is 13.7. The molecular weight excluding hydrogens is 356 g/mol. The molecule has 0 saturated heterocycles. The van der Waals surface area contributed by atoms with Crippen LogP contribution in [-0.4, -0.2) is 37.3 Å². The number of anilines is 2.